The molecule has 3 aromatic rings. The molecule has 2 aromatic carbocycles. The Bertz CT molecular complexity index is 952. The minimum Gasteiger partial charge on any atom is -0.381 e. The van der Waals surface area contributed by atoms with Gasteiger partial charge in [-0.3, -0.25) is 4.79 Å². The molecule has 1 aromatic heterocycles. The van der Waals surface area contributed by atoms with Crippen LogP contribution in [-0.4, -0.2) is 30.6 Å². The topological polar surface area (TPSA) is 51.2 Å². The van der Waals surface area contributed by atoms with E-state index in [0.29, 0.717) is 36.0 Å². The first-order chi connectivity index (χ1) is 13.7. The molecule has 2 heterocycles. The Morgan fingerprint density at radius 3 is 2.57 bits per heavy atom. The Balaban J connectivity index is 1.50. The first-order valence-corrected chi connectivity index (χ1v) is 10.2. The lowest BCUT2D eigenvalue weighted by Gasteiger charge is -2.37. The van der Waals surface area contributed by atoms with Crippen molar-refractivity contribution < 1.29 is 13.9 Å². The molecule has 0 bridgehead atoms. The second-order valence-electron chi connectivity index (χ2n) is 6.96. The second-order valence-corrected chi connectivity index (χ2v) is 7.82. The summed E-state index contributed by atoms with van der Waals surface area (Å²) >= 11 is 1.27. The predicted octanol–water partition coefficient (Wildman–Crippen LogP) is 4.43. The van der Waals surface area contributed by atoms with Crippen LogP contribution in [0.3, 0.4) is 0 Å². The van der Waals surface area contributed by atoms with Crippen molar-refractivity contribution in [2.24, 2.45) is 0 Å². The van der Waals surface area contributed by atoms with Gasteiger partial charge in [-0.05, 0) is 30.5 Å². The van der Waals surface area contributed by atoms with Crippen LogP contribution in [0.1, 0.15) is 28.9 Å². The van der Waals surface area contributed by atoms with Crippen LogP contribution in [-0.2, 0) is 10.2 Å². The summed E-state index contributed by atoms with van der Waals surface area (Å²) in [6.07, 6.45) is 1.71. The number of aromatic nitrogens is 1. The highest BCUT2D eigenvalue weighted by Gasteiger charge is 2.35. The lowest BCUT2D eigenvalue weighted by Crippen LogP contribution is -2.44. The van der Waals surface area contributed by atoms with E-state index in [1.165, 1.54) is 23.0 Å². The number of benzene rings is 2. The number of hydrogen-bond donors (Lipinski definition) is 1. The van der Waals surface area contributed by atoms with Gasteiger partial charge in [0.25, 0.3) is 5.91 Å². The van der Waals surface area contributed by atoms with E-state index in [2.05, 4.69) is 22.4 Å². The second kappa shape index (κ2) is 8.20. The molecule has 0 unspecified atom stereocenters. The lowest BCUT2D eigenvalue weighted by molar-refractivity contribution is 0.0487. The maximum atomic E-state index is 14.0. The van der Waals surface area contributed by atoms with E-state index in [-0.39, 0.29) is 17.1 Å². The summed E-state index contributed by atoms with van der Waals surface area (Å²) in [7, 11) is 0. The lowest BCUT2D eigenvalue weighted by atomic mass is 9.74. The Kier molecular flexibility index (Phi) is 5.50. The maximum Gasteiger partial charge on any atom is 0.270 e. The average Bonchev–Trinajstić information content (AvgIpc) is 3.24. The van der Waals surface area contributed by atoms with Gasteiger partial charge in [0.05, 0.1) is 0 Å². The van der Waals surface area contributed by atoms with Crippen molar-refractivity contribution >= 4 is 17.2 Å². The molecule has 1 aliphatic rings. The third-order valence-electron chi connectivity index (χ3n) is 5.26. The summed E-state index contributed by atoms with van der Waals surface area (Å²) in [5, 5.41) is 5.23. The quantitative estimate of drug-likeness (QED) is 0.694. The fourth-order valence-corrected chi connectivity index (χ4v) is 4.42. The van der Waals surface area contributed by atoms with Crippen molar-refractivity contribution in [1.29, 1.82) is 0 Å². The zero-order chi connectivity index (χ0) is 19.4. The van der Waals surface area contributed by atoms with Crippen molar-refractivity contribution in [2.75, 3.05) is 19.8 Å². The Labute approximate surface area is 167 Å². The largest absolute Gasteiger partial charge is 0.381 e. The van der Waals surface area contributed by atoms with E-state index in [1.807, 2.05) is 18.2 Å². The van der Waals surface area contributed by atoms with Crippen molar-refractivity contribution in [3.8, 4) is 10.6 Å². The van der Waals surface area contributed by atoms with Gasteiger partial charge >= 0.3 is 0 Å². The van der Waals surface area contributed by atoms with E-state index in [0.717, 1.165) is 12.8 Å². The molecule has 0 atom stereocenters. The monoisotopic (exact) mass is 396 g/mol. The van der Waals surface area contributed by atoms with E-state index < -0.39 is 0 Å². The van der Waals surface area contributed by atoms with Crippen molar-refractivity contribution in [2.45, 2.75) is 18.3 Å². The van der Waals surface area contributed by atoms with Gasteiger partial charge in [0.15, 0.2) is 0 Å². The smallest absolute Gasteiger partial charge is 0.270 e. The minimum absolute atomic E-state index is 0.139. The van der Waals surface area contributed by atoms with Crippen LogP contribution in [0.25, 0.3) is 10.6 Å². The van der Waals surface area contributed by atoms with Crippen LogP contribution in [0.4, 0.5) is 4.39 Å². The van der Waals surface area contributed by atoms with Gasteiger partial charge in [-0.25, -0.2) is 9.37 Å². The highest BCUT2D eigenvalue weighted by Crippen LogP contribution is 2.34. The zero-order valence-corrected chi connectivity index (χ0v) is 16.2. The van der Waals surface area contributed by atoms with Gasteiger partial charge in [0.2, 0.25) is 0 Å². The number of nitrogens with zero attached hydrogens (tertiary/aromatic N) is 1. The third kappa shape index (κ3) is 3.84. The molecule has 144 valence electrons. The van der Waals surface area contributed by atoms with Gasteiger partial charge in [-0.1, -0.05) is 42.5 Å². The maximum absolute atomic E-state index is 14.0. The fourth-order valence-electron chi connectivity index (χ4n) is 3.60. The predicted molar refractivity (Wildman–Crippen MR) is 108 cm³/mol. The van der Waals surface area contributed by atoms with Crippen molar-refractivity contribution in [3.05, 3.63) is 77.1 Å². The van der Waals surface area contributed by atoms with Crippen LogP contribution >= 0.6 is 11.3 Å². The normalized spacial score (nSPS) is 15.9. The van der Waals surface area contributed by atoms with Crippen molar-refractivity contribution in [3.63, 3.8) is 0 Å². The molecule has 0 aliphatic carbocycles. The molecule has 1 fully saturated rings. The number of thiazole rings is 1. The molecule has 0 radical (unpaired) electrons. The van der Waals surface area contributed by atoms with Gasteiger partial charge in [0.1, 0.15) is 16.5 Å². The molecule has 4 rings (SSSR count). The number of rotatable bonds is 5. The molecule has 6 heteroatoms. The molecule has 1 N–H and O–H groups in total. The molecule has 4 nitrogen and oxygen atoms in total. The highest BCUT2D eigenvalue weighted by molar-refractivity contribution is 7.13. The summed E-state index contributed by atoms with van der Waals surface area (Å²) in [6, 6.07) is 16.7. The zero-order valence-electron chi connectivity index (χ0n) is 15.4. The molecule has 1 amide bonds. The SMILES string of the molecule is O=C(NCC1(c2ccccc2)CCOCC1)c1csc(-c2ccccc2F)n1. The van der Waals surface area contributed by atoms with Gasteiger partial charge in [-0.2, -0.15) is 0 Å². The summed E-state index contributed by atoms with van der Waals surface area (Å²) in [5.74, 6) is -0.574. The van der Waals surface area contributed by atoms with E-state index in [9.17, 15) is 9.18 Å². The molecule has 0 saturated carbocycles. The minimum atomic E-state index is -0.339. The number of halogens is 1. The molecular formula is C22H21FN2O2S. The van der Waals surface area contributed by atoms with E-state index in [1.54, 1.807) is 23.6 Å². The Hall–Kier alpha value is -2.57. The number of carbonyl (C=O) groups excluding carboxylic acids is 1. The first kappa shape index (κ1) is 18.8. The number of nitrogens with one attached hydrogen (secondary N) is 1. The van der Waals surface area contributed by atoms with E-state index >= 15 is 0 Å². The highest BCUT2D eigenvalue weighted by atomic mass is 32.1. The third-order valence-corrected chi connectivity index (χ3v) is 6.14. The molecule has 1 aliphatic heterocycles. The van der Waals surface area contributed by atoms with Crippen LogP contribution in [0.2, 0.25) is 0 Å². The number of amides is 1. The summed E-state index contributed by atoms with van der Waals surface area (Å²) in [5.41, 5.74) is 1.80. The summed E-state index contributed by atoms with van der Waals surface area (Å²) in [4.78, 5) is 17.0. The standard InChI is InChI=1S/C22H21FN2O2S/c23-18-9-5-4-8-17(18)21-25-19(14-28-21)20(26)24-15-22(10-12-27-13-11-22)16-6-2-1-3-7-16/h1-9,14H,10-13,15H2,(H,24,26). The molecule has 1 saturated heterocycles. The summed E-state index contributed by atoms with van der Waals surface area (Å²) < 4.78 is 19.5. The van der Waals surface area contributed by atoms with Crippen LogP contribution in [0.15, 0.2) is 60.0 Å². The average molecular weight is 396 g/mol. The van der Waals surface area contributed by atoms with Crippen molar-refractivity contribution in [1.82, 2.24) is 10.3 Å². The number of ether oxygens (including phenoxy) is 1. The first-order valence-electron chi connectivity index (χ1n) is 9.30. The Morgan fingerprint density at radius 1 is 1.11 bits per heavy atom. The molecule has 28 heavy (non-hydrogen) atoms. The van der Waals surface area contributed by atoms with E-state index in [4.69, 9.17) is 4.74 Å². The summed E-state index contributed by atoms with van der Waals surface area (Å²) in [6.45, 7) is 1.88. The van der Waals surface area contributed by atoms with Gasteiger partial charge in [0, 0.05) is 36.1 Å². The van der Waals surface area contributed by atoms with Gasteiger partial charge in [-0.15, -0.1) is 11.3 Å². The fraction of sp³-hybridized carbons (Fsp3) is 0.273. The van der Waals surface area contributed by atoms with Crippen LogP contribution in [0, 0.1) is 5.82 Å². The number of carbonyl (C=O) groups is 1. The van der Waals surface area contributed by atoms with Crippen LogP contribution < -0.4 is 5.32 Å². The van der Waals surface area contributed by atoms with Gasteiger partial charge < -0.3 is 10.1 Å². The number of hydrogen-bond acceptors (Lipinski definition) is 4. The molecular weight excluding hydrogens is 375 g/mol. The Morgan fingerprint density at radius 2 is 1.82 bits per heavy atom. The molecule has 0 spiro atoms. The van der Waals surface area contributed by atoms with Crippen LogP contribution in [0.5, 0.6) is 0 Å².